The minimum absolute atomic E-state index is 0.344. The molecule has 0 radical (unpaired) electrons. The summed E-state index contributed by atoms with van der Waals surface area (Å²) in [5.74, 6) is -0.855. The molecule has 1 unspecified atom stereocenters. The van der Waals surface area contributed by atoms with Crippen molar-refractivity contribution in [1.29, 1.82) is 0 Å². The number of hydrogen-bond donors (Lipinski definition) is 1. The zero-order valence-corrected chi connectivity index (χ0v) is 11.4. The van der Waals surface area contributed by atoms with E-state index in [4.69, 9.17) is 4.74 Å². The van der Waals surface area contributed by atoms with E-state index < -0.39 is 17.6 Å². The van der Waals surface area contributed by atoms with Gasteiger partial charge in [-0.1, -0.05) is 6.07 Å². The number of amides is 1. The molecule has 1 atom stereocenters. The van der Waals surface area contributed by atoms with E-state index in [0.29, 0.717) is 11.4 Å². The molecule has 0 aliphatic carbocycles. The Bertz CT molecular complexity index is 550. The van der Waals surface area contributed by atoms with Crippen LogP contribution in [0, 0.1) is 6.92 Å². The lowest BCUT2D eigenvalue weighted by molar-refractivity contribution is -0.145. The summed E-state index contributed by atoms with van der Waals surface area (Å²) in [6.45, 7) is 6.56. The van der Waals surface area contributed by atoms with E-state index in [1.165, 1.54) is 18.7 Å². The largest absolute Gasteiger partial charge is 0.480 e. The number of carboxylic acids is 1. The number of ether oxygens (including phenoxy) is 1. The molecule has 1 heterocycles. The van der Waals surface area contributed by atoms with E-state index in [2.05, 4.69) is 0 Å². The van der Waals surface area contributed by atoms with E-state index in [0.717, 1.165) is 5.56 Å². The van der Waals surface area contributed by atoms with Crippen LogP contribution < -0.4 is 9.64 Å². The van der Waals surface area contributed by atoms with Crippen molar-refractivity contribution in [2.75, 3.05) is 4.90 Å². The summed E-state index contributed by atoms with van der Waals surface area (Å²) in [4.78, 5) is 25.0. The van der Waals surface area contributed by atoms with Gasteiger partial charge in [0.05, 0.1) is 5.69 Å². The van der Waals surface area contributed by atoms with Crippen LogP contribution in [0.4, 0.5) is 5.69 Å². The average molecular weight is 263 g/mol. The van der Waals surface area contributed by atoms with Crippen molar-refractivity contribution >= 4 is 17.6 Å². The number of hydrogen-bond acceptors (Lipinski definition) is 3. The van der Waals surface area contributed by atoms with Crippen LogP contribution in [0.3, 0.4) is 0 Å². The molecule has 1 aromatic rings. The molecular formula is C14H17NO4. The van der Waals surface area contributed by atoms with Gasteiger partial charge >= 0.3 is 5.97 Å². The Labute approximate surface area is 111 Å². The highest BCUT2D eigenvalue weighted by atomic mass is 16.5. The molecule has 0 saturated heterocycles. The number of aryl methyl sites for hydroxylation is 1. The molecule has 1 aliphatic heterocycles. The van der Waals surface area contributed by atoms with Crippen LogP contribution in [0.2, 0.25) is 0 Å². The third-order valence-corrected chi connectivity index (χ3v) is 3.31. The van der Waals surface area contributed by atoms with Gasteiger partial charge in [0.25, 0.3) is 5.91 Å². The molecule has 1 aliphatic rings. The fraction of sp³-hybridized carbons (Fsp3) is 0.429. The second-order valence-corrected chi connectivity index (χ2v) is 5.27. The highest BCUT2D eigenvalue weighted by molar-refractivity contribution is 6.05. The average Bonchev–Trinajstić information content (AvgIpc) is 2.30. The van der Waals surface area contributed by atoms with Gasteiger partial charge in [-0.3, -0.25) is 9.69 Å². The Morgan fingerprint density at radius 3 is 2.63 bits per heavy atom. The maximum Gasteiger partial charge on any atom is 0.329 e. The van der Waals surface area contributed by atoms with Crippen LogP contribution in [-0.4, -0.2) is 28.6 Å². The van der Waals surface area contributed by atoms with Crippen LogP contribution in [0.1, 0.15) is 26.3 Å². The number of benzene rings is 1. The minimum Gasteiger partial charge on any atom is -0.480 e. The highest BCUT2D eigenvalue weighted by Gasteiger charge is 2.44. The van der Waals surface area contributed by atoms with Crippen LogP contribution >= 0.6 is 0 Å². The molecule has 5 nitrogen and oxygen atoms in total. The summed E-state index contributed by atoms with van der Waals surface area (Å²) < 4.78 is 5.55. The lowest BCUT2D eigenvalue weighted by atomic mass is 9.99. The smallest absolute Gasteiger partial charge is 0.329 e. The maximum atomic E-state index is 12.3. The predicted octanol–water partition coefficient (Wildman–Crippen LogP) is 1.97. The van der Waals surface area contributed by atoms with Gasteiger partial charge in [0.15, 0.2) is 6.10 Å². The van der Waals surface area contributed by atoms with Crippen molar-refractivity contribution in [3.05, 3.63) is 23.8 Å². The predicted molar refractivity (Wildman–Crippen MR) is 70.5 cm³/mol. The fourth-order valence-corrected chi connectivity index (χ4v) is 2.11. The standard InChI is InChI=1S/C14H17NO4/c1-8-5-6-10-11(7-8)19-9(2)12(16)15(10)14(3,4)13(17)18/h5-7,9H,1-4H3,(H,17,18). The van der Waals surface area contributed by atoms with Gasteiger partial charge in [-0.25, -0.2) is 4.79 Å². The minimum atomic E-state index is -1.32. The quantitative estimate of drug-likeness (QED) is 0.885. The molecule has 0 saturated carbocycles. The number of carboxylic acid groups (broad SMARTS) is 1. The molecule has 0 fully saturated rings. The summed E-state index contributed by atoms with van der Waals surface area (Å²) in [7, 11) is 0. The molecule has 1 N–H and O–H groups in total. The normalized spacial score (nSPS) is 18.8. The lowest BCUT2D eigenvalue weighted by Crippen LogP contribution is -2.58. The molecule has 5 heteroatoms. The molecule has 1 aromatic carbocycles. The van der Waals surface area contributed by atoms with Gasteiger partial charge in [-0.15, -0.1) is 0 Å². The molecule has 0 aromatic heterocycles. The monoisotopic (exact) mass is 263 g/mol. The topological polar surface area (TPSA) is 66.8 Å². The van der Waals surface area contributed by atoms with E-state index in [9.17, 15) is 14.7 Å². The van der Waals surface area contributed by atoms with Crippen LogP contribution in [0.25, 0.3) is 0 Å². The Morgan fingerprint density at radius 2 is 2.05 bits per heavy atom. The number of anilines is 1. The van der Waals surface area contributed by atoms with E-state index in [1.54, 1.807) is 13.0 Å². The van der Waals surface area contributed by atoms with Crippen molar-refractivity contribution in [1.82, 2.24) is 0 Å². The molecule has 19 heavy (non-hydrogen) atoms. The zero-order valence-electron chi connectivity index (χ0n) is 11.4. The Morgan fingerprint density at radius 1 is 1.42 bits per heavy atom. The van der Waals surface area contributed by atoms with Gasteiger partial charge in [-0.2, -0.15) is 0 Å². The molecule has 1 amide bonds. The van der Waals surface area contributed by atoms with Crippen molar-refractivity contribution in [3.63, 3.8) is 0 Å². The lowest BCUT2D eigenvalue weighted by Gasteiger charge is -2.40. The number of fused-ring (bicyclic) bond motifs is 1. The maximum absolute atomic E-state index is 12.3. The Hall–Kier alpha value is -2.04. The molecule has 102 valence electrons. The summed E-state index contributed by atoms with van der Waals surface area (Å²) >= 11 is 0. The number of carbonyl (C=O) groups excluding carboxylic acids is 1. The second-order valence-electron chi connectivity index (χ2n) is 5.27. The van der Waals surface area contributed by atoms with E-state index >= 15 is 0 Å². The van der Waals surface area contributed by atoms with Crippen molar-refractivity contribution in [2.24, 2.45) is 0 Å². The van der Waals surface area contributed by atoms with Crippen molar-refractivity contribution in [3.8, 4) is 5.75 Å². The summed E-state index contributed by atoms with van der Waals surface area (Å²) in [5.41, 5.74) is 0.175. The van der Waals surface area contributed by atoms with Gasteiger partial charge in [-0.05, 0) is 45.4 Å². The Kier molecular flexibility index (Phi) is 3.00. The van der Waals surface area contributed by atoms with Gasteiger partial charge in [0, 0.05) is 0 Å². The number of carbonyl (C=O) groups is 2. The fourth-order valence-electron chi connectivity index (χ4n) is 2.11. The molecule has 0 bridgehead atoms. The number of rotatable bonds is 2. The first-order valence-corrected chi connectivity index (χ1v) is 6.10. The summed E-state index contributed by atoms with van der Waals surface area (Å²) in [6, 6.07) is 5.36. The number of nitrogens with zero attached hydrogens (tertiary/aromatic N) is 1. The SMILES string of the molecule is Cc1ccc2c(c1)OC(C)C(=O)N2C(C)(C)C(=O)O. The van der Waals surface area contributed by atoms with Crippen LogP contribution in [0.5, 0.6) is 5.75 Å². The van der Waals surface area contributed by atoms with Gasteiger partial charge in [0.2, 0.25) is 0 Å². The first kappa shape index (κ1) is 13.4. The third-order valence-electron chi connectivity index (χ3n) is 3.31. The summed E-state index contributed by atoms with van der Waals surface area (Å²) in [6.07, 6.45) is -0.687. The van der Waals surface area contributed by atoms with E-state index in [-0.39, 0.29) is 5.91 Å². The third kappa shape index (κ3) is 2.05. The summed E-state index contributed by atoms with van der Waals surface area (Å²) in [5, 5.41) is 9.34. The first-order valence-electron chi connectivity index (χ1n) is 6.10. The molecule has 2 rings (SSSR count). The second kappa shape index (κ2) is 4.26. The van der Waals surface area contributed by atoms with Crippen LogP contribution in [-0.2, 0) is 9.59 Å². The molecule has 0 spiro atoms. The van der Waals surface area contributed by atoms with Gasteiger partial charge in [0.1, 0.15) is 11.3 Å². The molecular weight excluding hydrogens is 246 g/mol. The van der Waals surface area contributed by atoms with Crippen molar-refractivity contribution in [2.45, 2.75) is 39.3 Å². The zero-order chi connectivity index (χ0) is 14.4. The highest BCUT2D eigenvalue weighted by Crippen LogP contribution is 2.38. The van der Waals surface area contributed by atoms with Crippen molar-refractivity contribution < 1.29 is 19.4 Å². The Balaban J connectivity index is 2.60. The van der Waals surface area contributed by atoms with E-state index in [1.807, 2.05) is 19.1 Å². The first-order chi connectivity index (χ1) is 8.75. The number of aliphatic carboxylic acids is 1. The van der Waals surface area contributed by atoms with Gasteiger partial charge < -0.3 is 9.84 Å². The van der Waals surface area contributed by atoms with Crippen LogP contribution in [0.15, 0.2) is 18.2 Å².